The van der Waals surface area contributed by atoms with E-state index in [1.54, 1.807) is 30.6 Å². The number of esters is 1. The Morgan fingerprint density at radius 3 is 2.71 bits per heavy atom. The molecular weight excluding hydrogens is 266 g/mol. The fourth-order valence-corrected chi connectivity index (χ4v) is 1.78. The van der Waals surface area contributed by atoms with Crippen LogP contribution in [0.3, 0.4) is 0 Å². The van der Waals surface area contributed by atoms with E-state index in [9.17, 15) is 4.79 Å². The van der Waals surface area contributed by atoms with Gasteiger partial charge in [-0.05, 0) is 30.3 Å². The summed E-state index contributed by atoms with van der Waals surface area (Å²) in [7, 11) is 5.16. The van der Waals surface area contributed by atoms with Gasteiger partial charge in [0, 0.05) is 38.3 Å². The van der Waals surface area contributed by atoms with Crippen LogP contribution in [-0.4, -0.2) is 42.0 Å². The van der Waals surface area contributed by atoms with Gasteiger partial charge >= 0.3 is 5.97 Å². The van der Waals surface area contributed by atoms with Gasteiger partial charge in [-0.25, -0.2) is 9.78 Å². The Morgan fingerprint density at radius 2 is 2.10 bits per heavy atom. The Bertz CT molecular complexity index is 652. The number of aromatic nitrogens is 2. The maximum atomic E-state index is 11.8. The third-order valence-corrected chi connectivity index (χ3v) is 2.82. The number of ether oxygens (including phenoxy) is 1. The monoisotopic (exact) mass is 283 g/mol. The zero-order valence-corrected chi connectivity index (χ0v) is 12.3. The number of pyridine rings is 2. The molecule has 0 amide bonds. The molecule has 2 aromatic rings. The van der Waals surface area contributed by atoms with Crippen molar-refractivity contribution in [2.45, 2.75) is 0 Å². The van der Waals surface area contributed by atoms with E-state index in [4.69, 9.17) is 4.74 Å². The van der Waals surface area contributed by atoms with E-state index in [0.717, 1.165) is 11.3 Å². The summed E-state index contributed by atoms with van der Waals surface area (Å²) in [5.41, 5.74) is 2.66. The van der Waals surface area contributed by atoms with E-state index in [0.29, 0.717) is 11.3 Å². The summed E-state index contributed by atoms with van der Waals surface area (Å²) >= 11 is 0. The van der Waals surface area contributed by atoms with Crippen molar-refractivity contribution in [3.63, 3.8) is 0 Å². The molecule has 5 heteroatoms. The van der Waals surface area contributed by atoms with E-state index in [1.807, 2.05) is 37.3 Å². The van der Waals surface area contributed by atoms with Crippen molar-refractivity contribution >= 4 is 12.0 Å². The zero-order valence-electron chi connectivity index (χ0n) is 12.3. The third kappa shape index (κ3) is 3.66. The molecule has 0 N–H and O–H groups in total. The van der Waals surface area contributed by atoms with Crippen LogP contribution in [0.1, 0.15) is 16.1 Å². The van der Waals surface area contributed by atoms with Crippen molar-refractivity contribution < 1.29 is 9.53 Å². The zero-order chi connectivity index (χ0) is 15.2. The van der Waals surface area contributed by atoms with E-state index >= 15 is 0 Å². The first-order chi connectivity index (χ1) is 10.1. The second kappa shape index (κ2) is 6.65. The van der Waals surface area contributed by atoms with E-state index in [-0.39, 0.29) is 0 Å². The predicted octanol–water partition coefficient (Wildman–Crippen LogP) is 2.46. The third-order valence-electron chi connectivity index (χ3n) is 2.82. The van der Waals surface area contributed by atoms with Gasteiger partial charge in [0.15, 0.2) is 0 Å². The average Bonchev–Trinajstić information content (AvgIpc) is 2.52. The standard InChI is InChI=1S/C16H17N3O2/c1-19(2)10-8-15-13(16(20)21-3)6-7-14(18-15)12-5-4-9-17-11-12/h4-11H,1-3H3/b10-8+. The maximum Gasteiger partial charge on any atom is 0.340 e. The number of hydrogen-bond acceptors (Lipinski definition) is 5. The second-order valence-corrected chi connectivity index (χ2v) is 4.64. The predicted molar refractivity (Wildman–Crippen MR) is 81.5 cm³/mol. The van der Waals surface area contributed by atoms with Crippen LogP contribution in [0.2, 0.25) is 0 Å². The van der Waals surface area contributed by atoms with Gasteiger partial charge in [0.2, 0.25) is 0 Å². The fraction of sp³-hybridized carbons (Fsp3) is 0.188. The largest absolute Gasteiger partial charge is 0.465 e. The summed E-state index contributed by atoms with van der Waals surface area (Å²) in [5, 5.41) is 0. The Hall–Kier alpha value is -2.69. The first-order valence-electron chi connectivity index (χ1n) is 6.46. The highest BCUT2D eigenvalue weighted by Gasteiger charge is 2.13. The molecule has 0 radical (unpaired) electrons. The summed E-state index contributed by atoms with van der Waals surface area (Å²) in [6.07, 6.45) is 7.06. The number of carbonyl (C=O) groups is 1. The lowest BCUT2D eigenvalue weighted by Gasteiger charge is -2.08. The number of hydrogen-bond donors (Lipinski definition) is 0. The molecule has 2 aromatic heterocycles. The van der Waals surface area contributed by atoms with Gasteiger partial charge in [0.05, 0.1) is 24.1 Å². The van der Waals surface area contributed by atoms with Crippen molar-refractivity contribution in [1.82, 2.24) is 14.9 Å². The number of carbonyl (C=O) groups excluding carboxylic acids is 1. The average molecular weight is 283 g/mol. The molecule has 0 aliphatic carbocycles. The molecular formula is C16H17N3O2. The molecule has 0 saturated heterocycles. The molecule has 0 aromatic carbocycles. The van der Waals surface area contributed by atoms with Gasteiger partial charge in [0.1, 0.15) is 0 Å². The molecule has 0 aliphatic heterocycles. The fourth-order valence-electron chi connectivity index (χ4n) is 1.78. The summed E-state index contributed by atoms with van der Waals surface area (Å²) < 4.78 is 4.79. The maximum absolute atomic E-state index is 11.8. The molecule has 0 spiro atoms. The summed E-state index contributed by atoms with van der Waals surface area (Å²) in [6, 6.07) is 7.28. The number of methoxy groups -OCH3 is 1. The smallest absolute Gasteiger partial charge is 0.340 e. The highest BCUT2D eigenvalue weighted by atomic mass is 16.5. The second-order valence-electron chi connectivity index (χ2n) is 4.64. The van der Waals surface area contributed by atoms with Crippen molar-refractivity contribution in [2.24, 2.45) is 0 Å². The van der Waals surface area contributed by atoms with Crippen LogP contribution >= 0.6 is 0 Å². The Kier molecular flexibility index (Phi) is 4.66. The highest BCUT2D eigenvalue weighted by molar-refractivity contribution is 5.93. The molecule has 0 atom stereocenters. The van der Waals surface area contributed by atoms with Crippen LogP contribution in [-0.2, 0) is 4.74 Å². The van der Waals surface area contributed by atoms with Crippen molar-refractivity contribution in [2.75, 3.05) is 21.2 Å². The van der Waals surface area contributed by atoms with Crippen LogP contribution in [0, 0.1) is 0 Å². The lowest BCUT2D eigenvalue weighted by Crippen LogP contribution is -2.07. The number of rotatable bonds is 4. The van der Waals surface area contributed by atoms with Crippen LogP contribution in [0.25, 0.3) is 17.3 Å². The van der Waals surface area contributed by atoms with Gasteiger partial charge in [-0.3, -0.25) is 4.98 Å². The Labute approximate surface area is 123 Å². The minimum atomic E-state index is -0.404. The molecule has 0 bridgehead atoms. The Balaban J connectivity index is 2.48. The first kappa shape index (κ1) is 14.7. The molecule has 5 nitrogen and oxygen atoms in total. The quantitative estimate of drug-likeness (QED) is 0.807. The lowest BCUT2D eigenvalue weighted by molar-refractivity contribution is 0.0600. The lowest BCUT2D eigenvalue weighted by atomic mass is 10.1. The van der Waals surface area contributed by atoms with Gasteiger partial charge in [-0.15, -0.1) is 0 Å². The van der Waals surface area contributed by atoms with Crippen LogP contribution in [0.5, 0.6) is 0 Å². The molecule has 0 saturated carbocycles. The summed E-state index contributed by atoms with van der Waals surface area (Å²) in [5.74, 6) is -0.404. The molecule has 21 heavy (non-hydrogen) atoms. The first-order valence-corrected chi connectivity index (χ1v) is 6.46. The van der Waals surface area contributed by atoms with Gasteiger partial charge < -0.3 is 9.64 Å². The molecule has 0 unspecified atom stereocenters. The van der Waals surface area contributed by atoms with Crippen molar-refractivity contribution in [1.29, 1.82) is 0 Å². The highest BCUT2D eigenvalue weighted by Crippen LogP contribution is 2.19. The summed E-state index contributed by atoms with van der Waals surface area (Å²) in [6.45, 7) is 0. The minimum absolute atomic E-state index is 0.404. The number of nitrogens with zero attached hydrogens (tertiary/aromatic N) is 3. The molecule has 2 heterocycles. The molecule has 0 fully saturated rings. The van der Waals surface area contributed by atoms with E-state index < -0.39 is 5.97 Å². The SMILES string of the molecule is COC(=O)c1ccc(-c2cccnc2)nc1/C=C/N(C)C. The van der Waals surface area contributed by atoms with Crippen LogP contribution in [0.4, 0.5) is 0 Å². The topological polar surface area (TPSA) is 55.3 Å². The van der Waals surface area contributed by atoms with Crippen LogP contribution in [0.15, 0.2) is 42.9 Å². The molecule has 108 valence electrons. The van der Waals surface area contributed by atoms with Gasteiger partial charge in [0.25, 0.3) is 0 Å². The Morgan fingerprint density at radius 1 is 1.29 bits per heavy atom. The van der Waals surface area contributed by atoms with E-state index in [1.165, 1.54) is 7.11 Å². The minimum Gasteiger partial charge on any atom is -0.465 e. The molecule has 2 rings (SSSR count). The molecule has 0 aliphatic rings. The van der Waals surface area contributed by atoms with Gasteiger partial charge in [-0.1, -0.05) is 0 Å². The van der Waals surface area contributed by atoms with Gasteiger partial charge in [-0.2, -0.15) is 0 Å². The van der Waals surface area contributed by atoms with Crippen molar-refractivity contribution in [3.8, 4) is 11.3 Å². The van der Waals surface area contributed by atoms with Crippen molar-refractivity contribution in [3.05, 3.63) is 54.1 Å². The van der Waals surface area contributed by atoms with Crippen LogP contribution < -0.4 is 0 Å². The normalized spacial score (nSPS) is 10.6. The summed E-state index contributed by atoms with van der Waals surface area (Å²) in [4.78, 5) is 22.3. The van der Waals surface area contributed by atoms with E-state index in [2.05, 4.69) is 9.97 Å².